The molecule has 282 valence electrons. The fourth-order valence-corrected chi connectivity index (χ4v) is 5.94. The van der Waals surface area contributed by atoms with Gasteiger partial charge in [-0.25, -0.2) is 0 Å². The van der Waals surface area contributed by atoms with Crippen LogP contribution >= 0.6 is 0 Å². The van der Waals surface area contributed by atoms with Gasteiger partial charge < -0.3 is 18.9 Å². The molecule has 0 saturated heterocycles. The van der Waals surface area contributed by atoms with Crippen molar-refractivity contribution >= 4 is 11.9 Å². The van der Waals surface area contributed by atoms with Gasteiger partial charge in [0.15, 0.2) is 6.29 Å². The van der Waals surface area contributed by atoms with Gasteiger partial charge in [0.05, 0.1) is 32.8 Å². The van der Waals surface area contributed by atoms with Crippen LogP contribution in [0.5, 0.6) is 0 Å². The average Bonchev–Trinajstić information content (AvgIpc) is 3.07. The van der Waals surface area contributed by atoms with Crippen LogP contribution in [0.25, 0.3) is 0 Å². The highest BCUT2D eigenvalue weighted by Gasteiger charge is 2.19. The first-order valence-electron chi connectivity index (χ1n) is 20.2. The zero-order valence-electron chi connectivity index (χ0n) is 32.5. The molecule has 0 N–H and O–H groups in total. The number of rotatable bonds is 35. The van der Waals surface area contributed by atoms with E-state index in [0.717, 1.165) is 83.5 Å². The first kappa shape index (κ1) is 46.3. The highest BCUT2D eigenvalue weighted by atomic mass is 16.7. The highest BCUT2D eigenvalue weighted by molar-refractivity contribution is 5.69. The molecule has 0 aliphatic carbocycles. The molecular formula is C42H78O6. The van der Waals surface area contributed by atoms with E-state index in [1.165, 1.54) is 38.5 Å². The third-order valence-corrected chi connectivity index (χ3v) is 8.80. The molecule has 0 saturated carbocycles. The van der Waals surface area contributed by atoms with Crippen LogP contribution in [0.4, 0.5) is 0 Å². The predicted octanol–water partition coefficient (Wildman–Crippen LogP) is 12.1. The third-order valence-electron chi connectivity index (χ3n) is 8.80. The molecule has 0 radical (unpaired) electrons. The predicted molar refractivity (Wildman–Crippen MR) is 202 cm³/mol. The summed E-state index contributed by atoms with van der Waals surface area (Å²) in [6.45, 7) is 14.9. The Morgan fingerprint density at radius 1 is 0.500 bits per heavy atom. The molecule has 0 heterocycles. The van der Waals surface area contributed by atoms with Crippen molar-refractivity contribution in [2.45, 2.75) is 189 Å². The maximum atomic E-state index is 12.6. The number of carbonyl (C=O) groups is 2. The molecule has 48 heavy (non-hydrogen) atoms. The van der Waals surface area contributed by atoms with Crippen LogP contribution < -0.4 is 0 Å². The Labute approximate surface area is 297 Å². The average molecular weight is 679 g/mol. The van der Waals surface area contributed by atoms with Crippen LogP contribution in [0.3, 0.4) is 0 Å². The lowest BCUT2D eigenvalue weighted by Crippen LogP contribution is -2.26. The number of allylic oxidation sites excluding steroid dienone is 4. The molecule has 0 rings (SSSR count). The number of esters is 2. The first-order valence-corrected chi connectivity index (χ1v) is 20.2. The molecule has 0 aromatic carbocycles. The molecule has 0 fully saturated rings. The Balaban J connectivity index is 4.20. The first-order chi connectivity index (χ1) is 23.4. The summed E-state index contributed by atoms with van der Waals surface area (Å²) in [5.41, 5.74) is 0. The smallest absolute Gasteiger partial charge is 0.305 e. The van der Waals surface area contributed by atoms with E-state index in [2.05, 4.69) is 58.9 Å². The Kier molecular flexibility index (Phi) is 34.0. The van der Waals surface area contributed by atoms with Crippen molar-refractivity contribution in [2.24, 2.45) is 17.8 Å². The van der Waals surface area contributed by atoms with Gasteiger partial charge in [0.1, 0.15) is 0 Å². The summed E-state index contributed by atoms with van der Waals surface area (Å²) in [5.74, 6) is 0.591. The Hall–Kier alpha value is -1.66. The molecule has 0 aromatic heterocycles. The zero-order valence-corrected chi connectivity index (χ0v) is 32.5. The Bertz CT molecular complexity index is 746. The zero-order chi connectivity index (χ0) is 35.5. The number of ether oxygens (including phenoxy) is 4. The lowest BCUT2D eigenvalue weighted by atomic mass is 9.99. The Morgan fingerprint density at radius 3 is 1.46 bits per heavy atom. The molecule has 0 aliphatic rings. The maximum absolute atomic E-state index is 12.6. The lowest BCUT2D eigenvalue weighted by Gasteiger charge is -2.24. The quantitative estimate of drug-likeness (QED) is 0.0287. The van der Waals surface area contributed by atoms with Gasteiger partial charge >= 0.3 is 11.9 Å². The van der Waals surface area contributed by atoms with Crippen LogP contribution in [-0.2, 0) is 28.5 Å². The van der Waals surface area contributed by atoms with Gasteiger partial charge in [-0.2, -0.15) is 0 Å². The van der Waals surface area contributed by atoms with E-state index in [9.17, 15) is 9.59 Å². The van der Waals surface area contributed by atoms with E-state index in [4.69, 9.17) is 18.9 Å². The number of carbonyl (C=O) groups excluding carboxylic acids is 2. The van der Waals surface area contributed by atoms with Crippen molar-refractivity contribution in [1.29, 1.82) is 0 Å². The van der Waals surface area contributed by atoms with Gasteiger partial charge in [-0.1, -0.05) is 124 Å². The van der Waals surface area contributed by atoms with Crippen LogP contribution in [-0.4, -0.2) is 44.7 Å². The fourth-order valence-electron chi connectivity index (χ4n) is 5.94. The minimum absolute atomic E-state index is 0.0431. The minimum atomic E-state index is -0.391. The topological polar surface area (TPSA) is 71.1 Å². The van der Waals surface area contributed by atoms with Crippen molar-refractivity contribution in [3.63, 3.8) is 0 Å². The monoisotopic (exact) mass is 679 g/mol. The summed E-state index contributed by atoms with van der Waals surface area (Å²) >= 11 is 0. The lowest BCUT2D eigenvalue weighted by molar-refractivity contribution is -0.169. The Morgan fingerprint density at radius 2 is 0.958 bits per heavy atom. The van der Waals surface area contributed by atoms with Crippen LogP contribution in [0, 0.1) is 17.8 Å². The van der Waals surface area contributed by atoms with E-state index < -0.39 is 6.29 Å². The van der Waals surface area contributed by atoms with Gasteiger partial charge in [0.25, 0.3) is 0 Å². The second-order valence-corrected chi connectivity index (χ2v) is 14.0. The molecule has 0 amide bonds. The van der Waals surface area contributed by atoms with Gasteiger partial charge in [0, 0.05) is 18.8 Å². The number of hydrogen-bond acceptors (Lipinski definition) is 6. The summed E-state index contributed by atoms with van der Waals surface area (Å²) < 4.78 is 23.5. The van der Waals surface area contributed by atoms with Crippen LogP contribution in [0.1, 0.15) is 183 Å². The highest BCUT2D eigenvalue weighted by Crippen LogP contribution is 2.20. The number of hydrogen-bond donors (Lipinski definition) is 0. The van der Waals surface area contributed by atoms with Crippen molar-refractivity contribution in [3.05, 3.63) is 24.3 Å². The largest absolute Gasteiger partial charge is 0.465 e. The normalized spacial score (nSPS) is 12.7. The van der Waals surface area contributed by atoms with Crippen molar-refractivity contribution in [2.75, 3.05) is 26.4 Å². The molecule has 1 atom stereocenters. The fraction of sp³-hybridized carbons (Fsp3) is 0.857. The van der Waals surface area contributed by atoms with E-state index in [1.54, 1.807) is 0 Å². The summed E-state index contributed by atoms with van der Waals surface area (Å²) in [6.07, 6.45) is 31.9. The van der Waals surface area contributed by atoms with Gasteiger partial charge in [-0.05, 0) is 76.0 Å². The summed E-state index contributed by atoms with van der Waals surface area (Å²) in [7, 11) is 0. The molecule has 0 spiro atoms. The SMILES string of the molecule is CCCCC/C=C\C/C=C\CCCCCCCC(=O)OCC(C)COC(=O)CCC(OCC(CCC)CCC)OCC(CCC)CCC. The van der Waals surface area contributed by atoms with Crippen LogP contribution in [0.15, 0.2) is 24.3 Å². The summed E-state index contributed by atoms with van der Waals surface area (Å²) in [6, 6.07) is 0. The van der Waals surface area contributed by atoms with E-state index >= 15 is 0 Å². The van der Waals surface area contributed by atoms with Crippen molar-refractivity contribution in [1.82, 2.24) is 0 Å². The van der Waals surface area contributed by atoms with Gasteiger partial charge in [-0.3, -0.25) is 9.59 Å². The van der Waals surface area contributed by atoms with Gasteiger partial charge in [-0.15, -0.1) is 0 Å². The molecule has 0 bridgehead atoms. The van der Waals surface area contributed by atoms with E-state index in [-0.39, 0.29) is 37.5 Å². The van der Waals surface area contributed by atoms with Crippen molar-refractivity contribution in [3.8, 4) is 0 Å². The molecule has 6 nitrogen and oxygen atoms in total. The summed E-state index contributed by atoms with van der Waals surface area (Å²) in [5, 5.41) is 0. The third kappa shape index (κ3) is 30.4. The second kappa shape index (κ2) is 35.2. The minimum Gasteiger partial charge on any atom is -0.465 e. The molecule has 0 aromatic rings. The number of unbranched alkanes of at least 4 members (excludes halogenated alkanes) is 8. The molecule has 0 aliphatic heterocycles. The van der Waals surface area contributed by atoms with E-state index in [0.29, 0.717) is 37.9 Å². The molecular weight excluding hydrogens is 600 g/mol. The van der Waals surface area contributed by atoms with Crippen molar-refractivity contribution < 1.29 is 28.5 Å². The second-order valence-electron chi connectivity index (χ2n) is 14.0. The van der Waals surface area contributed by atoms with E-state index in [1.807, 2.05) is 6.92 Å². The standard InChI is InChI=1S/C42H78O6/c1-7-12-13-14-15-16-17-18-19-20-21-22-23-24-25-30-40(43)45-33-37(6)34-46-41(44)31-32-42(47-35-38(26-8-2)27-9-3)48-36-39(28-10-4)29-11-5/h15-16,18-19,37-39,42H,7-14,17,20-36H2,1-6H3/b16-15-,19-18-. The molecule has 1 unspecified atom stereocenters. The summed E-state index contributed by atoms with van der Waals surface area (Å²) in [4.78, 5) is 24.8. The molecule has 6 heteroatoms. The maximum Gasteiger partial charge on any atom is 0.305 e. The van der Waals surface area contributed by atoms with Gasteiger partial charge in [0.2, 0.25) is 0 Å². The van der Waals surface area contributed by atoms with Crippen LogP contribution in [0.2, 0.25) is 0 Å².